The Morgan fingerprint density at radius 2 is 1.86 bits per heavy atom. The zero-order valence-electron chi connectivity index (χ0n) is 13.2. The molecule has 0 fully saturated rings. The number of pyridine rings is 1. The molecule has 2 aromatic rings. The highest BCUT2D eigenvalue weighted by molar-refractivity contribution is 5.25. The molecule has 0 radical (unpaired) electrons. The number of aromatic nitrogens is 1. The summed E-state index contributed by atoms with van der Waals surface area (Å²) in [6, 6.07) is 13.5. The number of hydrogen-bond acceptors (Lipinski definition) is 2. The Morgan fingerprint density at radius 1 is 1.10 bits per heavy atom. The van der Waals surface area contributed by atoms with Crippen molar-refractivity contribution >= 4 is 0 Å². The summed E-state index contributed by atoms with van der Waals surface area (Å²) in [7, 11) is 0. The summed E-state index contributed by atoms with van der Waals surface area (Å²) in [5.41, 5.74) is 4.23. The molecule has 0 spiro atoms. The number of nitrogens with zero attached hydrogens (tertiary/aromatic N) is 1. The number of aryl methyl sites for hydroxylation is 2. The van der Waals surface area contributed by atoms with E-state index in [0.29, 0.717) is 6.04 Å². The van der Waals surface area contributed by atoms with Crippen LogP contribution < -0.4 is 5.32 Å². The zero-order valence-corrected chi connectivity index (χ0v) is 13.2. The molecule has 0 bridgehead atoms. The van der Waals surface area contributed by atoms with Gasteiger partial charge in [-0.25, -0.2) is 0 Å². The first-order valence-corrected chi connectivity index (χ1v) is 7.96. The predicted molar refractivity (Wildman–Crippen MR) is 89.5 cm³/mol. The molecule has 1 aromatic heterocycles. The number of benzene rings is 1. The summed E-state index contributed by atoms with van der Waals surface area (Å²) >= 11 is 0. The summed E-state index contributed by atoms with van der Waals surface area (Å²) in [6.07, 6.45) is 8.33. The number of rotatable bonds is 8. The lowest BCUT2D eigenvalue weighted by molar-refractivity contribution is 0.477. The van der Waals surface area contributed by atoms with Crippen LogP contribution in [0.2, 0.25) is 0 Å². The molecule has 0 aliphatic heterocycles. The maximum Gasteiger partial charge on any atom is 0.0270 e. The average Bonchev–Trinajstić information content (AvgIpc) is 2.52. The third-order valence-electron chi connectivity index (χ3n) is 3.94. The molecule has 0 aliphatic carbocycles. The number of hydrogen-bond donors (Lipinski definition) is 1. The van der Waals surface area contributed by atoms with Gasteiger partial charge in [0.05, 0.1) is 0 Å². The molecule has 2 nitrogen and oxygen atoms in total. The van der Waals surface area contributed by atoms with Gasteiger partial charge in [-0.2, -0.15) is 0 Å². The third-order valence-corrected chi connectivity index (χ3v) is 3.94. The molecule has 1 unspecified atom stereocenters. The van der Waals surface area contributed by atoms with Gasteiger partial charge in [-0.3, -0.25) is 4.98 Å². The lowest BCUT2D eigenvalue weighted by Gasteiger charge is -2.19. The Morgan fingerprint density at radius 3 is 2.57 bits per heavy atom. The van der Waals surface area contributed by atoms with Crippen molar-refractivity contribution in [1.29, 1.82) is 0 Å². The van der Waals surface area contributed by atoms with Crippen LogP contribution in [0.25, 0.3) is 0 Å². The van der Waals surface area contributed by atoms with Gasteiger partial charge in [-0.1, -0.05) is 31.2 Å². The topological polar surface area (TPSA) is 24.9 Å². The first kappa shape index (κ1) is 15.7. The SMILES string of the molecule is CCCNC(CCc1ccccc1C)Cc1ccncc1. The highest BCUT2D eigenvalue weighted by Gasteiger charge is 2.10. The molecular formula is C19H26N2. The largest absolute Gasteiger partial charge is 0.314 e. The molecular weight excluding hydrogens is 256 g/mol. The van der Waals surface area contributed by atoms with Gasteiger partial charge >= 0.3 is 0 Å². The van der Waals surface area contributed by atoms with Gasteiger partial charge in [0.1, 0.15) is 0 Å². The van der Waals surface area contributed by atoms with Crippen LogP contribution in [-0.4, -0.2) is 17.6 Å². The van der Waals surface area contributed by atoms with Crippen LogP contribution in [0.4, 0.5) is 0 Å². The van der Waals surface area contributed by atoms with Crippen LogP contribution >= 0.6 is 0 Å². The van der Waals surface area contributed by atoms with E-state index in [1.54, 1.807) is 0 Å². The van der Waals surface area contributed by atoms with Crippen LogP contribution in [0.5, 0.6) is 0 Å². The highest BCUT2D eigenvalue weighted by atomic mass is 14.9. The lowest BCUT2D eigenvalue weighted by Crippen LogP contribution is -2.32. The second-order valence-corrected chi connectivity index (χ2v) is 5.68. The third kappa shape index (κ3) is 5.31. The second-order valence-electron chi connectivity index (χ2n) is 5.68. The minimum Gasteiger partial charge on any atom is -0.314 e. The van der Waals surface area contributed by atoms with Gasteiger partial charge in [0.15, 0.2) is 0 Å². The van der Waals surface area contributed by atoms with Gasteiger partial charge in [0.25, 0.3) is 0 Å². The van der Waals surface area contributed by atoms with Crippen LogP contribution in [0.15, 0.2) is 48.8 Å². The first-order chi connectivity index (χ1) is 10.3. The van der Waals surface area contributed by atoms with Crippen LogP contribution in [-0.2, 0) is 12.8 Å². The average molecular weight is 282 g/mol. The van der Waals surface area contributed by atoms with E-state index in [1.807, 2.05) is 12.4 Å². The van der Waals surface area contributed by atoms with E-state index in [9.17, 15) is 0 Å². The van der Waals surface area contributed by atoms with Gasteiger partial charge < -0.3 is 5.32 Å². The van der Waals surface area contributed by atoms with Crippen molar-refractivity contribution in [1.82, 2.24) is 10.3 Å². The zero-order chi connectivity index (χ0) is 14.9. The summed E-state index contributed by atoms with van der Waals surface area (Å²) in [5.74, 6) is 0. The summed E-state index contributed by atoms with van der Waals surface area (Å²) < 4.78 is 0. The van der Waals surface area contributed by atoms with Gasteiger partial charge in [-0.05, 0) is 68.0 Å². The first-order valence-electron chi connectivity index (χ1n) is 7.96. The van der Waals surface area contributed by atoms with Crippen molar-refractivity contribution in [3.8, 4) is 0 Å². The molecule has 1 N–H and O–H groups in total. The molecule has 0 saturated heterocycles. The molecule has 112 valence electrons. The van der Waals surface area contributed by atoms with E-state index in [2.05, 4.69) is 60.5 Å². The fourth-order valence-corrected chi connectivity index (χ4v) is 2.65. The molecule has 0 amide bonds. The van der Waals surface area contributed by atoms with Crippen molar-refractivity contribution in [3.05, 3.63) is 65.5 Å². The Labute approximate surface area is 128 Å². The van der Waals surface area contributed by atoms with Crippen molar-refractivity contribution in [2.24, 2.45) is 0 Å². The van der Waals surface area contributed by atoms with Crippen molar-refractivity contribution < 1.29 is 0 Å². The monoisotopic (exact) mass is 282 g/mol. The van der Waals surface area contributed by atoms with Gasteiger partial charge in [-0.15, -0.1) is 0 Å². The molecule has 1 atom stereocenters. The molecule has 0 aliphatic rings. The van der Waals surface area contributed by atoms with Crippen LogP contribution in [0.3, 0.4) is 0 Å². The minimum atomic E-state index is 0.534. The van der Waals surface area contributed by atoms with Crippen LogP contribution in [0, 0.1) is 6.92 Å². The fourth-order valence-electron chi connectivity index (χ4n) is 2.65. The molecule has 2 rings (SSSR count). The van der Waals surface area contributed by atoms with E-state index >= 15 is 0 Å². The van der Waals surface area contributed by atoms with E-state index in [4.69, 9.17) is 0 Å². The minimum absolute atomic E-state index is 0.534. The van der Waals surface area contributed by atoms with E-state index < -0.39 is 0 Å². The number of nitrogens with one attached hydrogen (secondary N) is 1. The summed E-state index contributed by atoms with van der Waals surface area (Å²) in [4.78, 5) is 4.10. The Balaban J connectivity index is 1.94. The molecule has 1 heterocycles. The molecule has 0 saturated carbocycles. The Bertz CT molecular complexity index is 522. The highest BCUT2D eigenvalue weighted by Crippen LogP contribution is 2.13. The maximum absolute atomic E-state index is 4.10. The lowest BCUT2D eigenvalue weighted by atomic mass is 9.97. The summed E-state index contributed by atoms with van der Waals surface area (Å²) in [5, 5.41) is 3.69. The smallest absolute Gasteiger partial charge is 0.0270 e. The Hall–Kier alpha value is -1.67. The van der Waals surface area contributed by atoms with Crippen LogP contribution in [0.1, 0.15) is 36.5 Å². The van der Waals surface area contributed by atoms with Crippen molar-refractivity contribution in [2.75, 3.05) is 6.54 Å². The molecule has 21 heavy (non-hydrogen) atoms. The normalized spacial score (nSPS) is 12.3. The fraction of sp³-hybridized carbons (Fsp3) is 0.421. The van der Waals surface area contributed by atoms with E-state index in [1.165, 1.54) is 29.5 Å². The standard InChI is InChI=1S/C19H26N2/c1-3-12-21-19(15-17-10-13-20-14-11-17)9-8-18-7-5-4-6-16(18)2/h4-7,10-11,13-14,19,21H,3,8-9,12,15H2,1-2H3. The summed E-state index contributed by atoms with van der Waals surface area (Å²) in [6.45, 7) is 5.51. The van der Waals surface area contributed by atoms with Gasteiger partial charge in [0.2, 0.25) is 0 Å². The van der Waals surface area contributed by atoms with Crippen molar-refractivity contribution in [3.63, 3.8) is 0 Å². The quantitative estimate of drug-likeness (QED) is 0.793. The van der Waals surface area contributed by atoms with Crippen molar-refractivity contribution in [2.45, 2.75) is 45.6 Å². The second kappa shape index (κ2) is 8.58. The Kier molecular flexibility index (Phi) is 6.42. The van der Waals surface area contributed by atoms with Gasteiger partial charge in [0, 0.05) is 18.4 Å². The maximum atomic E-state index is 4.10. The molecule has 1 aromatic carbocycles. The van der Waals surface area contributed by atoms with E-state index in [0.717, 1.165) is 19.4 Å². The predicted octanol–water partition coefficient (Wildman–Crippen LogP) is 3.93. The molecule has 2 heteroatoms. The van der Waals surface area contributed by atoms with E-state index in [-0.39, 0.29) is 0 Å².